The maximum absolute atomic E-state index is 11.3. The van der Waals surface area contributed by atoms with Gasteiger partial charge in [0.15, 0.2) is 5.82 Å². The van der Waals surface area contributed by atoms with Crippen LogP contribution in [-0.2, 0) is 11.3 Å². The molecule has 1 amide bonds. The van der Waals surface area contributed by atoms with Gasteiger partial charge in [0.05, 0.1) is 5.69 Å². The van der Waals surface area contributed by atoms with Crippen molar-refractivity contribution in [2.45, 2.75) is 26.3 Å². The summed E-state index contributed by atoms with van der Waals surface area (Å²) in [7, 11) is 3.96. The molecule has 0 saturated heterocycles. The van der Waals surface area contributed by atoms with Gasteiger partial charge in [-0.05, 0) is 20.5 Å². The van der Waals surface area contributed by atoms with Crippen molar-refractivity contribution >= 4 is 11.7 Å². The number of rotatable bonds is 5. The Balaban J connectivity index is 2.49. The van der Waals surface area contributed by atoms with Crippen molar-refractivity contribution in [3.63, 3.8) is 0 Å². The molecule has 0 radical (unpaired) electrons. The molecule has 0 aliphatic carbocycles. The lowest BCUT2D eigenvalue weighted by Gasteiger charge is -2.05. The Morgan fingerprint density at radius 3 is 2.93 bits per heavy atom. The molecule has 0 unspecified atom stereocenters. The molecule has 0 aliphatic heterocycles. The second kappa shape index (κ2) is 5.50. The third-order valence-electron chi connectivity index (χ3n) is 1.86. The van der Waals surface area contributed by atoms with Crippen LogP contribution in [0.3, 0.4) is 0 Å². The fourth-order valence-electron chi connectivity index (χ4n) is 1.28. The van der Waals surface area contributed by atoms with E-state index >= 15 is 0 Å². The van der Waals surface area contributed by atoms with Gasteiger partial charge in [0, 0.05) is 19.0 Å². The molecule has 0 aromatic carbocycles. The van der Waals surface area contributed by atoms with Crippen LogP contribution in [0.15, 0.2) is 6.07 Å². The minimum atomic E-state index is 0.0143. The van der Waals surface area contributed by atoms with Crippen LogP contribution < -0.4 is 5.32 Å². The molecule has 1 rings (SSSR count). The van der Waals surface area contributed by atoms with Gasteiger partial charge in [0.1, 0.15) is 0 Å². The van der Waals surface area contributed by atoms with Gasteiger partial charge in [0.2, 0.25) is 5.91 Å². The van der Waals surface area contributed by atoms with Crippen LogP contribution in [0, 0.1) is 0 Å². The zero-order valence-electron chi connectivity index (χ0n) is 9.50. The predicted octanol–water partition coefficient (Wildman–Crippen LogP) is 1.21. The van der Waals surface area contributed by atoms with Gasteiger partial charge in [-0.25, -0.2) is 0 Å². The molecule has 0 spiro atoms. The number of aromatic amines is 1. The molecule has 1 aromatic heterocycles. The molecule has 0 atom stereocenters. The highest BCUT2D eigenvalue weighted by Crippen LogP contribution is 2.07. The summed E-state index contributed by atoms with van der Waals surface area (Å²) in [5, 5.41) is 9.62. The van der Waals surface area contributed by atoms with E-state index in [-0.39, 0.29) is 5.91 Å². The molecule has 1 heterocycles. The van der Waals surface area contributed by atoms with Crippen molar-refractivity contribution in [2.24, 2.45) is 0 Å². The first-order chi connectivity index (χ1) is 7.11. The maximum atomic E-state index is 11.3. The van der Waals surface area contributed by atoms with Crippen molar-refractivity contribution in [3.8, 4) is 0 Å². The van der Waals surface area contributed by atoms with Gasteiger partial charge >= 0.3 is 0 Å². The van der Waals surface area contributed by atoms with Gasteiger partial charge in [-0.2, -0.15) is 5.10 Å². The molecular formula is C10H18N4O. The average molecular weight is 210 g/mol. The van der Waals surface area contributed by atoms with E-state index < -0.39 is 0 Å². The topological polar surface area (TPSA) is 61.0 Å². The Morgan fingerprint density at radius 1 is 1.60 bits per heavy atom. The number of H-pyrrole nitrogens is 1. The first-order valence-corrected chi connectivity index (χ1v) is 5.10. The summed E-state index contributed by atoms with van der Waals surface area (Å²) >= 11 is 0. The molecule has 5 heteroatoms. The van der Waals surface area contributed by atoms with Gasteiger partial charge in [0.25, 0.3) is 0 Å². The van der Waals surface area contributed by atoms with Crippen LogP contribution in [0.4, 0.5) is 5.82 Å². The fourth-order valence-corrected chi connectivity index (χ4v) is 1.28. The first kappa shape index (κ1) is 11.7. The number of amides is 1. The molecule has 0 fully saturated rings. The monoisotopic (exact) mass is 210 g/mol. The third-order valence-corrected chi connectivity index (χ3v) is 1.86. The average Bonchev–Trinajstić information content (AvgIpc) is 2.51. The van der Waals surface area contributed by atoms with Crippen molar-refractivity contribution in [3.05, 3.63) is 11.8 Å². The first-order valence-electron chi connectivity index (χ1n) is 5.10. The highest BCUT2D eigenvalue weighted by Gasteiger charge is 2.05. The molecule has 0 bridgehead atoms. The van der Waals surface area contributed by atoms with Crippen molar-refractivity contribution in [1.82, 2.24) is 15.1 Å². The quantitative estimate of drug-likeness (QED) is 0.768. The lowest BCUT2D eigenvalue weighted by atomic mass is 10.3. The van der Waals surface area contributed by atoms with E-state index in [4.69, 9.17) is 0 Å². The molecule has 0 aliphatic rings. The summed E-state index contributed by atoms with van der Waals surface area (Å²) in [4.78, 5) is 13.3. The van der Waals surface area contributed by atoms with E-state index in [1.807, 2.05) is 32.0 Å². The Labute approximate surface area is 89.9 Å². The van der Waals surface area contributed by atoms with Gasteiger partial charge in [-0.3, -0.25) is 9.89 Å². The van der Waals surface area contributed by atoms with Crippen molar-refractivity contribution < 1.29 is 4.79 Å². The molecular weight excluding hydrogens is 192 g/mol. The van der Waals surface area contributed by atoms with E-state index in [0.29, 0.717) is 12.2 Å². The second-order valence-corrected chi connectivity index (χ2v) is 3.81. The Morgan fingerprint density at radius 2 is 2.33 bits per heavy atom. The fraction of sp³-hybridized carbons (Fsp3) is 0.600. The normalized spacial score (nSPS) is 10.7. The number of aromatic nitrogens is 2. The van der Waals surface area contributed by atoms with E-state index in [1.54, 1.807) is 0 Å². The number of hydrogen-bond donors (Lipinski definition) is 2. The van der Waals surface area contributed by atoms with E-state index in [1.165, 1.54) is 0 Å². The number of nitrogens with one attached hydrogen (secondary N) is 2. The van der Waals surface area contributed by atoms with E-state index in [0.717, 1.165) is 18.7 Å². The minimum Gasteiger partial charge on any atom is -0.309 e. The van der Waals surface area contributed by atoms with Crippen molar-refractivity contribution in [2.75, 3.05) is 19.4 Å². The summed E-state index contributed by atoms with van der Waals surface area (Å²) in [5.74, 6) is 0.616. The summed E-state index contributed by atoms with van der Waals surface area (Å²) < 4.78 is 0. The highest BCUT2D eigenvalue weighted by atomic mass is 16.1. The van der Waals surface area contributed by atoms with Crippen LogP contribution in [0.2, 0.25) is 0 Å². The summed E-state index contributed by atoms with van der Waals surface area (Å²) in [6.45, 7) is 2.76. The number of hydrogen-bond acceptors (Lipinski definition) is 3. The maximum Gasteiger partial charge on any atom is 0.225 e. The zero-order valence-corrected chi connectivity index (χ0v) is 9.50. The van der Waals surface area contributed by atoms with Crippen LogP contribution in [0.5, 0.6) is 0 Å². The predicted molar refractivity (Wildman–Crippen MR) is 59.5 cm³/mol. The van der Waals surface area contributed by atoms with Crippen LogP contribution in [0.1, 0.15) is 25.5 Å². The van der Waals surface area contributed by atoms with Gasteiger partial charge < -0.3 is 10.2 Å². The summed E-state index contributed by atoms with van der Waals surface area (Å²) in [5.41, 5.74) is 0.992. The highest BCUT2D eigenvalue weighted by molar-refractivity contribution is 5.89. The number of carbonyl (C=O) groups excluding carboxylic acids is 1. The number of nitrogens with zero attached hydrogens (tertiary/aromatic N) is 2. The molecule has 0 saturated carbocycles. The molecule has 15 heavy (non-hydrogen) atoms. The Bertz CT molecular complexity index is 319. The van der Waals surface area contributed by atoms with Crippen LogP contribution in [-0.4, -0.2) is 35.1 Å². The smallest absolute Gasteiger partial charge is 0.225 e. The molecule has 2 N–H and O–H groups in total. The SMILES string of the molecule is CCCC(=O)Nc1cc(CN(C)C)[nH]n1. The van der Waals surface area contributed by atoms with Crippen LogP contribution >= 0.6 is 0 Å². The lowest BCUT2D eigenvalue weighted by molar-refractivity contribution is -0.116. The Hall–Kier alpha value is -1.36. The zero-order chi connectivity index (χ0) is 11.3. The number of carbonyl (C=O) groups is 1. The largest absolute Gasteiger partial charge is 0.309 e. The van der Waals surface area contributed by atoms with Crippen molar-refractivity contribution in [1.29, 1.82) is 0 Å². The van der Waals surface area contributed by atoms with Gasteiger partial charge in [-0.1, -0.05) is 6.92 Å². The second-order valence-electron chi connectivity index (χ2n) is 3.81. The minimum absolute atomic E-state index is 0.0143. The van der Waals surface area contributed by atoms with Gasteiger partial charge in [-0.15, -0.1) is 0 Å². The molecule has 5 nitrogen and oxygen atoms in total. The molecule has 84 valence electrons. The lowest BCUT2D eigenvalue weighted by Crippen LogP contribution is -2.11. The summed E-state index contributed by atoms with van der Waals surface area (Å²) in [6, 6.07) is 1.85. The van der Waals surface area contributed by atoms with Crippen LogP contribution in [0.25, 0.3) is 0 Å². The Kier molecular flexibility index (Phi) is 4.30. The molecule has 1 aromatic rings. The third kappa shape index (κ3) is 4.12. The summed E-state index contributed by atoms with van der Waals surface area (Å²) in [6.07, 6.45) is 1.39. The van der Waals surface area contributed by atoms with E-state index in [9.17, 15) is 4.79 Å². The van der Waals surface area contributed by atoms with E-state index in [2.05, 4.69) is 15.5 Å². The number of anilines is 1. The standard InChI is InChI=1S/C10H18N4O/c1-4-5-10(15)11-9-6-8(12-13-9)7-14(2)3/h6H,4-5,7H2,1-3H3,(H2,11,12,13,15).